The Labute approximate surface area is 110 Å². The van der Waals surface area contributed by atoms with Crippen LogP contribution in [0.4, 0.5) is 0 Å². The topological polar surface area (TPSA) is 53.2 Å². The van der Waals surface area contributed by atoms with Crippen molar-refractivity contribution < 1.29 is 9.84 Å². The predicted octanol–water partition coefficient (Wildman–Crippen LogP) is 3.50. The lowest BCUT2D eigenvalue weighted by Gasteiger charge is -2.08. The van der Waals surface area contributed by atoms with Crippen LogP contribution in [0.5, 0.6) is 11.5 Å². The molecule has 0 saturated carbocycles. The van der Waals surface area contributed by atoms with Crippen LogP contribution in [0.3, 0.4) is 0 Å². The van der Waals surface area contributed by atoms with E-state index in [0.29, 0.717) is 21.9 Å². The number of phenols is 1. The fourth-order valence-corrected chi connectivity index (χ4v) is 1.68. The van der Waals surface area contributed by atoms with Crippen molar-refractivity contribution in [2.45, 2.75) is 6.61 Å². The zero-order chi connectivity index (χ0) is 13.0. The van der Waals surface area contributed by atoms with Crippen LogP contribution in [-0.4, -0.2) is 5.11 Å². The van der Waals surface area contributed by atoms with Crippen molar-refractivity contribution in [1.82, 2.24) is 0 Å². The van der Waals surface area contributed by atoms with Gasteiger partial charge in [0.2, 0.25) is 0 Å². The van der Waals surface area contributed by atoms with Crippen LogP contribution in [0, 0.1) is 11.3 Å². The molecule has 3 nitrogen and oxygen atoms in total. The highest BCUT2D eigenvalue weighted by atomic mass is 35.5. The Morgan fingerprint density at radius 2 is 2.00 bits per heavy atom. The van der Waals surface area contributed by atoms with Gasteiger partial charge in [-0.05, 0) is 18.2 Å². The lowest BCUT2D eigenvalue weighted by Crippen LogP contribution is -1.95. The van der Waals surface area contributed by atoms with Gasteiger partial charge in [0.1, 0.15) is 24.2 Å². The van der Waals surface area contributed by atoms with Crippen LogP contribution < -0.4 is 4.74 Å². The van der Waals surface area contributed by atoms with Gasteiger partial charge in [0.05, 0.1) is 10.6 Å². The fraction of sp³-hybridized carbons (Fsp3) is 0.0714. The number of hydrogen-bond acceptors (Lipinski definition) is 3. The molecule has 0 aliphatic carbocycles. The van der Waals surface area contributed by atoms with E-state index in [1.807, 2.05) is 12.1 Å². The van der Waals surface area contributed by atoms with E-state index < -0.39 is 0 Å². The largest absolute Gasteiger partial charge is 0.508 e. The Morgan fingerprint density at radius 3 is 2.67 bits per heavy atom. The van der Waals surface area contributed by atoms with E-state index in [9.17, 15) is 5.11 Å². The first-order valence-corrected chi connectivity index (χ1v) is 5.68. The second kappa shape index (κ2) is 5.44. The Morgan fingerprint density at radius 1 is 1.22 bits per heavy atom. The maximum atomic E-state index is 9.58. The quantitative estimate of drug-likeness (QED) is 0.918. The van der Waals surface area contributed by atoms with Crippen LogP contribution in [0.25, 0.3) is 0 Å². The third-order valence-corrected chi connectivity index (χ3v) is 2.76. The van der Waals surface area contributed by atoms with Crippen LogP contribution in [0.15, 0.2) is 42.5 Å². The first-order valence-electron chi connectivity index (χ1n) is 5.30. The minimum atomic E-state index is 0.192. The number of nitrogens with zero attached hydrogens (tertiary/aromatic N) is 1. The summed E-state index contributed by atoms with van der Waals surface area (Å²) in [6.45, 7) is 0.245. The van der Waals surface area contributed by atoms with E-state index >= 15 is 0 Å². The molecule has 0 radical (unpaired) electrons. The summed E-state index contributed by atoms with van der Waals surface area (Å²) in [6.07, 6.45) is 0. The van der Waals surface area contributed by atoms with E-state index in [-0.39, 0.29) is 12.4 Å². The van der Waals surface area contributed by atoms with E-state index in [1.54, 1.807) is 36.4 Å². The number of para-hydroxylation sites is 1. The van der Waals surface area contributed by atoms with Gasteiger partial charge in [-0.25, -0.2) is 0 Å². The van der Waals surface area contributed by atoms with E-state index in [2.05, 4.69) is 0 Å². The first-order chi connectivity index (χ1) is 8.70. The molecule has 0 heterocycles. The van der Waals surface area contributed by atoms with E-state index in [1.165, 1.54) is 0 Å². The fourth-order valence-electron chi connectivity index (χ4n) is 1.47. The van der Waals surface area contributed by atoms with Gasteiger partial charge in [0.25, 0.3) is 0 Å². The third-order valence-electron chi connectivity index (χ3n) is 2.45. The molecule has 18 heavy (non-hydrogen) atoms. The van der Waals surface area contributed by atoms with Gasteiger partial charge in [-0.15, -0.1) is 0 Å². The SMILES string of the molecule is N#Cc1ccc(OCc2ccccc2O)cc1Cl. The molecule has 0 aliphatic heterocycles. The molecule has 2 aromatic carbocycles. The number of hydrogen-bond donors (Lipinski definition) is 1. The Hall–Kier alpha value is -2.18. The molecule has 2 rings (SSSR count). The summed E-state index contributed by atoms with van der Waals surface area (Å²) < 4.78 is 5.50. The molecule has 90 valence electrons. The maximum absolute atomic E-state index is 9.58. The molecule has 2 aromatic rings. The standard InChI is InChI=1S/C14H10ClNO2/c15-13-7-12(6-5-10(13)8-16)18-9-11-3-1-2-4-14(11)17/h1-7,17H,9H2. The Balaban J connectivity index is 2.10. The molecule has 0 saturated heterocycles. The van der Waals surface area contributed by atoms with Crippen molar-refractivity contribution in [2.24, 2.45) is 0 Å². The molecule has 0 aliphatic rings. The second-order valence-corrected chi connectivity index (χ2v) is 4.08. The normalized spacial score (nSPS) is 9.78. The molecular weight excluding hydrogens is 250 g/mol. The summed E-state index contributed by atoms with van der Waals surface area (Å²) in [7, 11) is 0. The van der Waals surface area contributed by atoms with Crippen molar-refractivity contribution in [3.05, 3.63) is 58.6 Å². The molecular formula is C14H10ClNO2. The summed E-state index contributed by atoms with van der Waals surface area (Å²) in [6, 6.07) is 13.8. The monoisotopic (exact) mass is 259 g/mol. The lowest BCUT2D eigenvalue weighted by molar-refractivity contribution is 0.299. The van der Waals surface area contributed by atoms with Gasteiger partial charge in [-0.1, -0.05) is 29.8 Å². The second-order valence-electron chi connectivity index (χ2n) is 3.67. The summed E-state index contributed by atoms with van der Waals surface area (Å²) in [5.74, 6) is 0.750. The maximum Gasteiger partial charge on any atom is 0.122 e. The molecule has 0 unspecified atom stereocenters. The number of phenolic OH excluding ortho intramolecular Hbond substituents is 1. The molecule has 0 spiro atoms. The van der Waals surface area contributed by atoms with Gasteiger partial charge in [-0.3, -0.25) is 0 Å². The number of ether oxygens (including phenoxy) is 1. The van der Waals surface area contributed by atoms with Gasteiger partial charge in [0.15, 0.2) is 0 Å². The summed E-state index contributed by atoms with van der Waals surface area (Å²) >= 11 is 5.89. The zero-order valence-electron chi connectivity index (χ0n) is 9.43. The zero-order valence-corrected chi connectivity index (χ0v) is 10.2. The van der Waals surface area contributed by atoms with Crippen molar-refractivity contribution in [2.75, 3.05) is 0 Å². The van der Waals surface area contributed by atoms with Crippen molar-refractivity contribution >= 4 is 11.6 Å². The minimum Gasteiger partial charge on any atom is -0.508 e. The average molecular weight is 260 g/mol. The lowest BCUT2D eigenvalue weighted by atomic mass is 10.2. The van der Waals surface area contributed by atoms with Crippen LogP contribution in [0.1, 0.15) is 11.1 Å². The Kier molecular flexibility index (Phi) is 3.71. The summed E-state index contributed by atoms with van der Waals surface area (Å²) in [5.41, 5.74) is 1.10. The highest BCUT2D eigenvalue weighted by Gasteiger charge is 2.04. The number of rotatable bonds is 3. The Bertz CT molecular complexity index is 605. The van der Waals surface area contributed by atoms with E-state index in [0.717, 1.165) is 0 Å². The third kappa shape index (κ3) is 2.73. The summed E-state index contributed by atoms with van der Waals surface area (Å²) in [5, 5.41) is 18.7. The van der Waals surface area contributed by atoms with Crippen molar-refractivity contribution in [3.63, 3.8) is 0 Å². The van der Waals surface area contributed by atoms with Crippen molar-refractivity contribution in [1.29, 1.82) is 5.26 Å². The van der Waals surface area contributed by atoms with Crippen molar-refractivity contribution in [3.8, 4) is 17.6 Å². The van der Waals surface area contributed by atoms with Gasteiger partial charge < -0.3 is 9.84 Å². The molecule has 0 fully saturated rings. The number of aromatic hydroxyl groups is 1. The molecule has 4 heteroatoms. The molecule has 1 N–H and O–H groups in total. The van der Waals surface area contributed by atoms with E-state index in [4.69, 9.17) is 21.6 Å². The molecule has 0 aromatic heterocycles. The highest BCUT2D eigenvalue weighted by Crippen LogP contribution is 2.24. The molecule has 0 bridgehead atoms. The van der Waals surface area contributed by atoms with Crippen LogP contribution in [-0.2, 0) is 6.61 Å². The van der Waals surface area contributed by atoms with Crippen LogP contribution >= 0.6 is 11.6 Å². The van der Waals surface area contributed by atoms with Gasteiger partial charge >= 0.3 is 0 Å². The minimum absolute atomic E-state index is 0.192. The smallest absolute Gasteiger partial charge is 0.122 e. The molecule has 0 amide bonds. The first kappa shape index (κ1) is 12.3. The summed E-state index contributed by atoms with van der Waals surface area (Å²) in [4.78, 5) is 0. The van der Waals surface area contributed by atoms with Crippen LogP contribution in [0.2, 0.25) is 5.02 Å². The number of halogens is 1. The highest BCUT2D eigenvalue weighted by molar-refractivity contribution is 6.31. The predicted molar refractivity (Wildman–Crippen MR) is 68.6 cm³/mol. The van der Waals surface area contributed by atoms with Gasteiger partial charge in [0, 0.05) is 11.6 Å². The number of benzene rings is 2. The number of nitriles is 1. The average Bonchev–Trinajstić information content (AvgIpc) is 2.38. The van der Waals surface area contributed by atoms with Gasteiger partial charge in [-0.2, -0.15) is 5.26 Å². The molecule has 0 atom stereocenters.